The molecule has 9 heteroatoms. The maximum atomic E-state index is 13.3. The van der Waals surface area contributed by atoms with Crippen LogP contribution >= 0.6 is 39.3 Å². The van der Waals surface area contributed by atoms with Crippen LogP contribution in [0, 0.1) is 11.3 Å². The van der Waals surface area contributed by atoms with E-state index in [-0.39, 0.29) is 17.4 Å². The van der Waals surface area contributed by atoms with Gasteiger partial charge < -0.3 is 15.1 Å². The van der Waals surface area contributed by atoms with Crippen molar-refractivity contribution < 1.29 is 14.0 Å². The number of ketones is 1. The highest BCUT2D eigenvalue weighted by Gasteiger charge is 2.36. The van der Waals surface area contributed by atoms with E-state index in [9.17, 15) is 14.9 Å². The predicted molar refractivity (Wildman–Crippen MR) is 141 cm³/mol. The molecule has 176 valence electrons. The van der Waals surface area contributed by atoms with Crippen molar-refractivity contribution in [3.05, 3.63) is 110 Å². The molecule has 0 saturated heterocycles. The molecule has 0 fully saturated rings. The number of nitrogens with one attached hydrogen (secondary N) is 2. The van der Waals surface area contributed by atoms with Crippen molar-refractivity contribution >= 4 is 56.7 Å². The van der Waals surface area contributed by atoms with Crippen LogP contribution in [0.4, 0.5) is 5.69 Å². The number of amides is 1. The second kappa shape index (κ2) is 11.0. The van der Waals surface area contributed by atoms with Crippen LogP contribution in [0.3, 0.4) is 0 Å². The average molecular weight is 569 g/mol. The van der Waals surface area contributed by atoms with E-state index in [1.165, 1.54) is 18.0 Å². The average Bonchev–Trinajstić information content (AvgIpc) is 3.38. The summed E-state index contributed by atoms with van der Waals surface area (Å²) in [6.07, 6.45) is 1.50. The molecule has 4 rings (SSSR count). The van der Waals surface area contributed by atoms with Crippen LogP contribution in [0.1, 0.15) is 29.0 Å². The van der Waals surface area contributed by atoms with E-state index in [1.807, 2.05) is 12.1 Å². The monoisotopic (exact) mass is 567 g/mol. The zero-order chi connectivity index (χ0) is 24.9. The normalized spacial score (nSPS) is 15.4. The number of allylic oxidation sites excluding steroid dienone is 2. The fourth-order valence-corrected chi connectivity index (χ4v) is 5.03. The molecule has 35 heavy (non-hydrogen) atoms. The quantitative estimate of drug-likeness (QED) is 0.310. The number of halogens is 2. The second-order valence-corrected chi connectivity index (χ2v) is 9.98. The molecule has 1 aliphatic heterocycles. The molecule has 1 amide bonds. The highest BCUT2D eigenvalue weighted by atomic mass is 79.9. The lowest BCUT2D eigenvalue weighted by Gasteiger charge is -2.28. The van der Waals surface area contributed by atoms with Gasteiger partial charge in [0.25, 0.3) is 5.91 Å². The van der Waals surface area contributed by atoms with E-state index in [0.717, 1.165) is 4.47 Å². The Morgan fingerprint density at radius 1 is 1.17 bits per heavy atom. The van der Waals surface area contributed by atoms with Gasteiger partial charge in [-0.2, -0.15) is 5.26 Å². The molecular formula is C26H19BrClN3O3S. The summed E-state index contributed by atoms with van der Waals surface area (Å²) in [4.78, 5) is 26.0. The molecule has 0 saturated carbocycles. The Hall–Kier alpha value is -3.25. The molecule has 2 heterocycles. The number of thioether (sulfide) groups is 1. The Balaban J connectivity index is 1.62. The van der Waals surface area contributed by atoms with Gasteiger partial charge in [-0.1, -0.05) is 51.4 Å². The molecule has 1 atom stereocenters. The van der Waals surface area contributed by atoms with Crippen molar-refractivity contribution in [2.24, 2.45) is 0 Å². The summed E-state index contributed by atoms with van der Waals surface area (Å²) < 4.78 is 6.51. The van der Waals surface area contributed by atoms with Gasteiger partial charge in [-0.25, -0.2) is 0 Å². The van der Waals surface area contributed by atoms with Crippen LogP contribution in [0.15, 0.2) is 97.7 Å². The molecule has 0 spiro atoms. The number of nitrogens with zero attached hydrogens (tertiary/aromatic N) is 1. The standard InChI is InChI=1S/C26H19BrClN3O3S/c1-15-23(25(33)31-19-10-8-18(28)9-11-19)24(22-3-2-12-34-22)20(13-29)26(30-15)35-14-21(32)16-4-6-17(27)7-5-16/h2-12,24,30H,14H2,1H3,(H,31,33)/t24-/m1/s1. The summed E-state index contributed by atoms with van der Waals surface area (Å²) in [6.45, 7) is 1.76. The lowest BCUT2D eigenvalue weighted by molar-refractivity contribution is -0.113. The lowest BCUT2D eigenvalue weighted by Crippen LogP contribution is -2.30. The summed E-state index contributed by atoms with van der Waals surface area (Å²) in [5.41, 5.74) is 2.38. The number of hydrogen-bond acceptors (Lipinski definition) is 6. The first-order valence-electron chi connectivity index (χ1n) is 10.5. The second-order valence-electron chi connectivity index (χ2n) is 7.65. The molecular weight excluding hydrogens is 550 g/mol. The Labute approximate surface area is 220 Å². The van der Waals surface area contributed by atoms with E-state index in [2.05, 4.69) is 32.6 Å². The Morgan fingerprint density at radius 2 is 1.89 bits per heavy atom. The van der Waals surface area contributed by atoms with Crippen molar-refractivity contribution in [3.63, 3.8) is 0 Å². The Kier molecular flexibility index (Phi) is 7.81. The molecule has 2 aromatic carbocycles. The van der Waals surface area contributed by atoms with Crippen molar-refractivity contribution in [2.75, 3.05) is 11.1 Å². The number of furan rings is 1. The summed E-state index contributed by atoms with van der Waals surface area (Å²) in [5.74, 6) is -0.590. The minimum atomic E-state index is -0.728. The summed E-state index contributed by atoms with van der Waals surface area (Å²) in [5, 5.41) is 17.2. The summed E-state index contributed by atoms with van der Waals surface area (Å²) in [6, 6.07) is 19.5. The number of benzene rings is 2. The Bertz CT molecular complexity index is 1360. The first-order valence-corrected chi connectivity index (χ1v) is 12.7. The highest BCUT2D eigenvalue weighted by molar-refractivity contribution is 9.10. The van der Waals surface area contributed by atoms with Crippen LogP contribution in [0.25, 0.3) is 0 Å². The predicted octanol–water partition coefficient (Wildman–Crippen LogP) is 6.65. The number of carbonyl (C=O) groups is 2. The zero-order valence-corrected chi connectivity index (χ0v) is 21.6. The third kappa shape index (κ3) is 5.70. The van der Waals surface area contributed by atoms with Gasteiger partial charge in [0.1, 0.15) is 5.76 Å². The van der Waals surface area contributed by atoms with Crippen LogP contribution in [0.5, 0.6) is 0 Å². The number of nitriles is 1. The first-order chi connectivity index (χ1) is 16.9. The molecule has 0 aliphatic carbocycles. The van der Waals surface area contributed by atoms with Gasteiger partial charge in [0, 0.05) is 26.4 Å². The maximum absolute atomic E-state index is 13.3. The fourth-order valence-electron chi connectivity index (χ4n) is 3.66. The molecule has 3 aromatic rings. The van der Waals surface area contributed by atoms with Gasteiger partial charge in [0.05, 0.1) is 40.2 Å². The van der Waals surface area contributed by atoms with E-state index >= 15 is 0 Å². The first kappa shape index (κ1) is 24.9. The van der Waals surface area contributed by atoms with Crippen LogP contribution < -0.4 is 10.6 Å². The molecule has 1 aliphatic rings. The molecule has 0 bridgehead atoms. The van der Waals surface area contributed by atoms with Crippen molar-refractivity contribution in [1.29, 1.82) is 5.26 Å². The van der Waals surface area contributed by atoms with Gasteiger partial charge in [-0.05, 0) is 55.5 Å². The zero-order valence-electron chi connectivity index (χ0n) is 18.5. The third-order valence-electron chi connectivity index (χ3n) is 5.34. The van der Waals surface area contributed by atoms with Crippen molar-refractivity contribution in [2.45, 2.75) is 12.8 Å². The molecule has 6 nitrogen and oxygen atoms in total. The van der Waals surface area contributed by atoms with Gasteiger partial charge in [-0.3, -0.25) is 9.59 Å². The minimum absolute atomic E-state index is 0.0726. The fraction of sp³-hybridized carbons (Fsp3) is 0.115. The van der Waals surface area contributed by atoms with E-state index in [1.54, 1.807) is 55.5 Å². The highest BCUT2D eigenvalue weighted by Crippen LogP contribution is 2.41. The van der Waals surface area contributed by atoms with Crippen LogP contribution in [-0.2, 0) is 4.79 Å². The van der Waals surface area contributed by atoms with Gasteiger partial charge in [-0.15, -0.1) is 0 Å². The number of dihydropyridines is 1. The third-order valence-corrected chi connectivity index (χ3v) is 7.13. The largest absolute Gasteiger partial charge is 0.468 e. The SMILES string of the molecule is CC1=C(C(=O)Nc2ccc(Cl)cc2)[C@@H](c2ccco2)C(C#N)=C(SCC(=O)c2ccc(Br)cc2)N1. The molecule has 2 N–H and O–H groups in total. The molecule has 0 radical (unpaired) electrons. The lowest BCUT2D eigenvalue weighted by atomic mass is 9.85. The number of Topliss-reactive ketones (excluding diaryl/α,β-unsaturated/α-hetero) is 1. The number of carbonyl (C=O) groups excluding carboxylic acids is 2. The van der Waals surface area contributed by atoms with Crippen LogP contribution in [0.2, 0.25) is 5.02 Å². The van der Waals surface area contributed by atoms with Gasteiger partial charge in [0.2, 0.25) is 0 Å². The molecule has 0 unspecified atom stereocenters. The minimum Gasteiger partial charge on any atom is -0.468 e. The smallest absolute Gasteiger partial charge is 0.254 e. The number of hydrogen-bond donors (Lipinski definition) is 2. The molecule has 1 aromatic heterocycles. The number of anilines is 1. The Morgan fingerprint density at radius 3 is 2.51 bits per heavy atom. The maximum Gasteiger partial charge on any atom is 0.254 e. The van der Waals surface area contributed by atoms with E-state index < -0.39 is 5.92 Å². The summed E-state index contributed by atoms with van der Waals surface area (Å²) >= 11 is 10.5. The van der Waals surface area contributed by atoms with Crippen molar-refractivity contribution in [3.8, 4) is 6.07 Å². The van der Waals surface area contributed by atoms with E-state index in [4.69, 9.17) is 16.0 Å². The van der Waals surface area contributed by atoms with E-state index in [0.29, 0.717) is 43.9 Å². The number of rotatable bonds is 7. The van der Waals surface area contributed by atoms with Gasteiger partial charge >= 0.3 is 0 Å². The summed E-state index contributed by atoms with van der Waals surface area (Å²) in [7, 11) is 0. The topological polar surface area (TPSA) is 95.1 Å². The van der Waals surface area contributed by atoms with Gasteiger partial charge in [0.15, 0.2) is 5.78 Å². The van der Waals surface area contributed by atoms with Crippen LogP contribution in [-0.4, -0.2) is 17.4 Å². The van der Waals surface area contributed by atoms with Crippen molar-refractivity contribution in [1.82, 2.24) is 5.32 Å².